The number of amides is 2. The van der Waals surface area contributed by atoms with Crippen molar-refractivity contribution in [2.24, 2.45) is 5.73 Å². The third-order valence-corrected chi connectivity index (χ3v) is 4.85. The summed E-state index contributed by atoms with van der Waals surface area (Å²) in [5.41, 5.74) is 6.94. The maximum atomic E-state index is 12.6. The molecule has 0 radical (unpaired) electrons. The van der Waals surface area contributed by atoms with Crippen LogP contribution in [0.2, 0.25) is 5.02 Å². The average molecular weight is 540 g/mol. The number of rotatable bonds is 8. The molecule has 0 aromatic heterocycles. The van der Waals surface area contributed by atoms with Gasteiger partial charge in [-0.3, -0.25) is 9.59 Å². The maximum absolute atomic E-state index is 12.6. The number of nitrogens with zero attached hydrogens (tertiary/aromatic N) is 1. The van der Waals surface area contributed by atoms with Crippen LogP contribution in [0.5, 0.6) is 11.5 Å². The van der Waals surface area contributed by atoms with E-state index in [2.05, 4.69) is 5.32 Å². The molecular formula is C21H19ClIN3O4. The maximum Gasteiger partial charge on any atom is 0.266 e. The third-order valence-electron chi connectivity index (χ3n) is 3.81. The number of anilines is 1. The third kappa shape index (κ3) is 6.37. The van der Waals surface area contributed by atoms with E-state index in [0.717, 1.165) is 5.56 Å². The normalized spacial score (nSPS) is 10.8. The van der Waals surface area contributed by atoms with Gasteiger partial charge in [-0.25, -0.2) is 0 Å². The minimum atomic E-state index is -0.614. The Morgan fingerprint density at radius 1 is 1.30 bits per heavy atom. The summed E-state index contributed by atoms with van der Waals surface area (Å²) < 4.78 is 11.6. The molecule has 2 aromatic carbocycles. The summed E-state index contributed by atoms with van der Waals surface area (Å²) in [5, 5.41) is 12.7. The number of hydrogen-bond acceptors (Lipinski definition) is 5. The molecule has 0 bridgehead atoms. The molecule has 0 aliphatic carbocycles. The van der Waals surface area contributed by atoms with E-state index in [0.29, 0.717) is 37.9 Å². The Balaban J connectivity index is 2.36. The number of aryl methyl sites for hydroxylation is 1. The molecule has 0 aliphatic heterocycles. The summed E-state index contributed by atoms with van der Waals surface area (Å²) in [6.07, 6.45) is 1.44. The Kier molecular flexibility index (Phi) is 8.50. The zero-order chi connectivity index (χ0) is 22.3. The number of hydrogen-bond donors (Lipinski definition) is 2. The largest absolute Gasteiger partial charge is 0.490 e. The van der Waals surface area contributed by atoms with Crippen molar-refractivity contribution in [1.29, 1.82) is 5.26 Å². The molecule has 9 heteroatoms. The first-order valence-electron chi connectivity index (χ1n) is 8.81. The van der Waals surface area contributed by atoms with Gasteiger partial charge in [-0.2, -0.15) is 5.26 Å². The molecule has 2 aromatic rings. The number of carbonyl (C=O) groups excluding carboxylic acids is 2. The summed E-state index contributed by atoms with van der Waals surface area (Å²) in [4.78, 5) is 23.6. The van der Waals surface area contributed by atoms with Crippen molar-refractivity contribution >= 4 is 57.8 Å². The van der Waals surface area contributed by atoms with Crippen molar-refractivity contribution in [3.8, 4) is 17.6 Å². The fourth-order valence-corrected chi connectivity index (χ4v) is 3.40. The molecule has 156 valence electrons. The van der Waals surface area contributed by atoms with Crippen LogP contribution in [0.1, 0.15) is 18.1 Å². The lowest BCUT2D eigenvalue weighted by Crippen LogP contribution is -2.20. The molecule has 7 nitrogen and oxygen atoms in total. The highest BCUT2D eigenvalue weighted by atomic mass is 127. The van der Waals surface area contributed by atoms with E-state index in [1.165, 1.54) is 6.08 Å². The Morgan fingerprint density at radius 2 is 2.03 bits per heavy atom. The summed E-state index contributed by atoms with van der Waals surface area (Å²) in [6.45, 7) is 3.68. The average Bonchev–Trinajstić information content (AvgIpc) is 2.68. The molecule has 3 N–H and O–H groups in total. The van der Waals surface area contributed by atoms with Crippen LogP contribution in [-0.4, -0.2) is 25.0 Å². The Morgan fingerprint density at radius 3 is 2.67 bits per heavy atom. The summed E-state index contributed by atoms with van der Waals surface area (Å²) >= 11 is 8.00. The molecule has 0 atom stereocenters. The minimum Gasteiger partial charge on any atom is -0.490 e. The molecule has 2 rings (SSSR count). The predicted molar refractivity (Wildman–Crippen MR) is 123 cm³/mol. The SMILES string of the molecule is CCOc1cc(/C=C(\C#N)C(=O)Nc2cc(Cl)ccc2C)cc(I)c1OCC(N)=O. The zero-order valence-corrected chi connectivity index (χ0v) is 19.2. The van der Waals surface area contributed by atoms with Gasteiger partial charge in [-0.05, 0) is 77.9 Å². The highest BCUT2D eigenvalue weighted by molar-refractivity contribution is 14.1. The first-order valence-corrected chi connectivity index (χ1v) is 10.3. The van der Waals surface area contributed by atoms with Crippen molar-refractivity contribution in [3.63, 3.8) is 0 Å². The van der Waals surface area contributed by atoms with Gasteiger partial charge in [0.15, 0.2) is 18.1 Å². The second-order valence-corrected chi connectivity index (χ2v) is 7.70. The lowest BCUT2D eigenvalue weighted by molar-refractivity contribution is -0.120. The smallest absolute Gasteiger partial charge is 0.266 e. The van der Waals surface area contributed by atoms with Crippen molar-refractivity contribution in [3.05, 3.63) is 55.6 Å². The Bertz CT molecular complexity index is 1050. The van der Waals surface area contributed by atoms with Crippen molar-refractivity contribution in [2.45, 2.75) is 13.8 Å². The van der Waals surface area contributed by atoms with E-state index in [1.807, 2.05) is 35.6 Å². The number of nitriles is 1. The molecule has 0 spiro atoms. The van der Waals surface area contributed by atoms with E-state index in [4.69, 9.17) is 26.8 Å². The number of nitrogens with two attached hydrogens (primary N) is 1. The summed E-state index contributed by atoms with van der Waals surface area (Å²) in [5.74, 6) is -0.437. The van der Waals surface area contributed by atoms with Crippen LogP contribution in [0.15, 0.2) is 35.9 Å². The lowest BCUT2D eigenvalue weighted by Gasteiger charge is -2.14. The zero-order valence-electron chi connectivity index (χ0n) is 16.3. The highest BCUT2D eigenvalue weighted by Gasteiger charge is 2.15. The van der Waals surface area contributed by atoms with E-state index in [1.54, 1.807) is 37.3 Å². The topological polar surface area (TPSA) is 114 Å². The van der Waals surface area contributed by atoms with Gasteiger partial charge in [0, 0.05) is 10.7 Å². The molecule has 0 aliphatic rings. The van der Waals surface area contributed by atoms with Crippen LogP contribution < -0.4 is 20.5 Å². The van der Waals surface area contributed by atoms with Crippen molar-refractivity contribution in [2.75, 3.05) is 18.5 Å². The highest BCUT2D eigenvalue weighted by Crippen LogP contribution is 2.35. The number of ether oxygens (including phenoxy) is 2. The summed E-state index contributed by atoms with van der Waals surface area (Å²) in [6, 6.07) is 10.3. The first-order chi connectivity index (χ1) is 14.2. The van der Waals surface area contributed by atoms with Gasteiger partial charge in [0.05, 0.1) is 10.2 Å². The van der Waals surface area contributed by atoms with E-state index < -0.39 is 11.8 Å². The molecule has 0 heterocycles. The van der Waals surface area contributed by atoms with E-state index in [9.17, 15) is 14.9 Å². The van der Waals surface area contributed by atoms with Crippen LogP contribution in [-0.2, 0) is 9.59 Å². The molecule has 0 saturated carbocycles. The Labute approximate surface area is 192 Å². The quantitative estimate of drug-likeness (QED) is 0.298. The van der Waals surface area contributed by atoms with Crippen LogP contribution in [0.4, 0.5) is 5.69 Å². The van der Waals surface area contributed by atoms with Gasteiger partial charge in [-0.1, -0.05) is 17.7 Å². The molecule has 0 unspecified atom stereocenters. The molecule has 2 amide bonds. The van der Waals surface area contributed by atoms with Gasteiger partial charge in [0.1, 0.15) is 11.6 Å². The van der Waals surface area contributed by atoms with Gasteiger partial charge >= 0.3 is 0 Å². The van der Waals surface area contributed by atoms with Crippen LogP contribution in [0.3, 0.4) is 0 Å². The van der Waals surface area contributed by atoms with Gasteiger partial charge in [-0.15, -0.1) is 0 Å². The van der Waals surface area contributed by atoms with Crippen molar-refractivity contribution in [1.82, 2.24) is 0 Å². The first kappa shape index (κ1) is 23.5. The summed E-state index contributed by atoms with van der Waals surface area (Å²) in [7, 11) is 0. The second kappa shape index (κ2) is 10.8. The number of nitrogens with one attached hydrogen (secondary N) is 1. The monoisotopic (exact) mass is 539 g/mol. The number of primary amides is 1. The number of halogens is 2. The van der Waals surface area contributed by atoms with Crippen LogP contribution in [0.25, 0.3) is 6.08 Å². The Hall–Kier alpha value is -2.77. The molecule has 30 heavy (non-hydrogen) atoms. The molecular weight excluding hydrogens is 521 g/mol. The minimum absolute atomic E-state index is 0.0987. The van der Waals surface area contributed by atoms with Crippen molar-refractivity contribution < 1.29 is 19.1 Å². The van der Waals surface area contributed by atoms with Gasteiger partial charge < -0.3 is 20.5 Å². The predicted octanol–water partition coefficient (Wildman–Crippen LogP) is 4.06. The molecule has 0 fully saturated rings. The number of benzene rings is 2. The fourth-order valence-electron chi connectivity index (χ4n) is 2.45. The number of carbonyl (C=O) groups is 2. The van der Waals surface area contributed by atoms with Crippen LogP contribution in [0, 0.1) is 21.8 Å². The van der Waals surface area contributed by atoms with Gasteiger partial charge in [0.2, 0.25) is 0 Å². The second-order valence-electron chi connectivity index (χ2n) is 6.10. The van der Waals surface area contributed by atoms with E-state index >= 15 is 0 Å². The standard InChI is InChI=1S/C21H19ClIN3O4/c1-3-29-18-8-13(7-16(23)20(18)30-11-19(25)27)6-14(10-24)21(28)26-17-9-15(22)5-4-12(17)2/h4-9H,3,11H2,1-2H3,(H2,25,27)(H,26,28)/b14-6+. The lowest BCUT2D eigenvalue weighted by atomic mass is 10.1. The van der Waals surface area contributed by atoms with E-state index in [-0.39, 0.29) is 12.2 Å². The van der Waals surface area contributed by atoms with Gasteiger partial charge in [0.25, 0.3) is 11.8 Å². The van der Waals surface area contributed by atoms with Crippen LogP contribution >= 0.6 is 34.2 Å². The fraction of sp³-hybridized carbons (Fsp3) is 0.190. The molecule has 0 saturated heterocycles.